The van der Waals surface area contributed by atoms with Gasteiger partial charge >= 0.3 is 0 Å². The summed E-state index contributed by atoms with van der Waals surface area (Å²) in [4.78, 5) is 23.6. The average molecular weight is 310 g/mol. The van der Waals surface area contributed by atoms with Crippen molar-refractivity contribution in [2.75, 3.05) is 6.54 Å². The minimum Gasteiger partial charge on any atom is -0.356 e. The number of amides is 1. The number of halogens is 1. The summed E-state index contributed by atoms with van der Waals surface area (Å²) in [5, 5.41) is 3.46. The fourth-order valence-corrected chi connectivity index (χ4v) is 2.07. The third-order valence-electron chi connectivity index (χ3n) is 3.17. The molecule has 3 nitrogen and oxygen atoms in total. The summed E-state index contributed by atoms with van der Waals surface area (Å²) in [6.45, 7) is 7.21. The third kappa shape index (κ3) is 7.86. The zero-order chi connectivity index (χ0) is 15.9. The minimum atomic E-state index is -0.0637. The van der Waals surface area contributed by atoms with Crippen LogP contribution < -0.4 is 5.32 Å². The predicted octanol–water partition coefficient (Wildman–Crippen LogP) is 4.25. The molecular weight excluding hydrogens is 286 g/mol. The van der Waals surface area contributed by atoms with Crippen LogP contribution in [0.4, 0.5) is 0 Å². The van der Waals surface area contributed by atoms with E-state index in [0.717, 1.165) is 12.8 Å². The van der Waals surface area contributed by atoms with Gasteiger partial charge in [0, 0.05) is 30.0 Å². The Bertz CT molecular complexity index is 475. The molecule has 0 aliphatic heterocycles. The second-order valence-electron chi connectivity index (χ2n) is 6.44. The second-order valence-corrected chi connectivity index (χ2v) is 6.88. The Labute approximate surface area is 132 Å². The Morgan fingerprint density at radius 2 is 1.71 bits per heavy atom. The Balaban J connectivity index is 2.23. The van der Waals surface area contributed by atoms with Crippen LogP contribution in [0.15, 0.2) is 24.3 Å². The molecule has 0 bridgehead atoms. The summed E-state index contributed by atoms with van der Waals surface area (Å²) in [5.41, 5.74) is 0.884. The summed E-state index contributed by atoms with van der Waals surface area (Å²) in [7, 11) is 0. The van der Waals surface area contributed by atoms with Crippen LogP contribution in [0.5, 0.6) is 0 Å². The molecule has 0 spiro atoms. The van der Waals surface area contributed by atoms with E-state index >= 15 is 0 Å². The maximum atomic E-state index is 11.9. The van der Waals surface area contributed by atoms with Gasteiger partial charge in [0.25, 0.3) is 0 Å². The van der Waals surface area contributed by atoms with E-state index in [1.165, 1.54) is 0 Å². The van der Waals surface area contributed by atoms with Crippen molar-refractivity contribution >= 4 is 23.3 Å². The summed E-state index contributed by atoms with van der Waals surface area (Å²) in [5.74, 6) is -0.0947. The normalized spacial score (nSPS) is 11.2. The Morgan fingerprint density at radius 3 is 2.29 bits per heavy atom. The minimum absolute atomic E-state index is 0.0310. The average Bonchev–Trinajstić information content (AvgIpc) is 2.41. The van der Waals surface area contributed by atoms with Crippen LogP contribution in [0.2, 0.25) is 5.02 Å². The van der Waals surface area contributed by atoms with E-state index in [2.05, 4.69) is 26.1 Å². The lowest BCUT2D eigenvalue weighted by Crippen LogP contribution is -2.25. The van der Waals surface area contributed by atoms with E-state index in [9.17, 15) is 9.59 Å². The molecule has 116 valence electrons. The molecule has 0 heterocycles. The number of nitrogens with one attached hydrogen (secondary N) is 1. The van der Waals surface area contributed by atoms with E-state index in [1.54, 1.807) is 24.3 Å². The number of carbonyl (C=O) groups excluding carboxylic acids is 2. The number of benzene rings is 1. The summed E-state index contributed by atoms with van der Waals surface area (Å²) < 4.78 is 0. The highest BCUT2D eigenvalue weighted by Gasteiger charge is 2.11. The molecule has 0 saturated carbocycles. The first kappa shape index (κ1) is 17.7. The monoisotopic (exact) mass is 309 g/mol. The fourth-order valence-electron chi connectivity index (χ4n) is 1.94. The quantitative estimate of drug-likeness (QED) is 0.604. The summed E-state index contributed by atoms with van der Waals surface area (Å²) in [6, 6.07) is 6.74. The summed E-state index contributed by atoms with van der Waals surface area (Å²) >= 11 is 5.77. The molecule has 0 unspecified atom stereocenters. The van der Waals surface area contributed by atoms with Gasteiger partial charge in [0.05, 0.1) is 0 Å². The SMILES string of the molecule is CC(C)(C)CCCNC(=O)CCC(=O)c1ccc(Cl)cc1. The van der Waals surface area contributed by atoms with E-state index < -0.39 is 0 Å². The molecule has 1 aromatic carbocycles. The lowest BCUT2D eigenvalue weighted by atomic mass is 9.91. The number of ketones is 1. The molecule has 0 fully saturated rings. The van der Waals surface area contributed by atoms with Crippen molar-refractivity contribution in [1.82, 2.24) is 5.32 Å². The smallest absolute Gasteiger partial charge is 0.220 e. The van der Waals surface area contributed by atoms with Crippen LogP contribution >= 0.6 is 11.6 Å². The van der Waals surface area contributed by atoms with Crippen molar-refractivity contribution in [2.24, 2.45) is 5.41 Å². The van der Waals surface area contributed by atoms with Crippen molar-refractivity contribution in [3.8, 4) is 0 Å². The number of carbonyl (C=O) groups is 2. The van der Waals surface area contributed by atoms with E-state index in [4.69, 9.17) is 11.6 Å². The van der Waals surface area contributed by atoms with Crippen molar-refractivity contribution < 1.29 is 9.59 Å². The summed E-state index contributed by atoms with van der Waals surface area (Å²) in [6.07, 6.45) is 2.49. The molecule has 0 aromatic heterocycles. The first-order valence-electron chi connectivity index (χ1n) is 7.33. The van der Waals surface area contributed by atoms with Crippen molar-refractivity contribution in [3.63, 3.8) is 0 Å². The Morgan fingerprint density at radius 1 is 1.10 bits per heavy atom. The molecule has 0 aliphatic carbocycles. The number of hydrogen-bond acceptors (Lipinski definition) is 2. The highest BCUT2D eigenvalue weighted by atomic mass is 35.5. The lowest BCUT2D eigenvalue weighted by Gasteiger charge is -2.17. The molecule has 4 heteroatoms. The van der Waals surface area contributed by atoms with Crippen LogP contribution in [-0.2, 0) is 4.79 Å². The molecule has 1 rings (SSSR count). The third-order valence-corrected chi connectivity index (χ3v) is 3.42. The van der Waals surface area contributed by atoms with Crippen LogP contribution in [0.3, 0.4) is 0 Å². The molecular formula is C17H24ClNO2. The van der Waals surface area contributed by atoms with Gasteiger partial charge in [-0.25, -0.2) is 0 Å². The Kier molecular flexibility index (Phi) is 6.90. The van der Waals surface area contributed by atoms with E-state index in [0.29, 0.717) is 17.1 Å². The van der Waals surface area contributed by atoms with Crippen LogP contribution in [-0.4, -0.2) is 18.2 Å². The largest absolute Gasteiger partial charge is 0.356 e. The van der Waals surface area contributed by atoms with E-state index in [1.807, 2.05) is 0 Å². The highest BCUT2D eigenvalue weighted by Crippen LogP contribution is 2.19. The number of Topliss-reactive ketones (excluding diaryl/α,β-unsaturated/α-hetero) is 1. The van der Waals surface area contributed by atoms with Gasteiger partial charge in [0.2, 0.25) is 5.91 Å². The van der Waals surface area contributed by atoms with Gasteiger partial charge in [-0.2, -0.15) is 0 Å². The van der Waals surface area contributed by atoms with Gasteiger partial charge in [-0.1, -0.05) is 32.4 Å². The molecule has 0 radical (unpaired) electrons. The van der Waals surface area contributed by atoms with Crippen molar-refractivity contribution in [2.45, 2.75) is 46.5 Å². The van der Waals surface area contributed by atoms with Crippen molar-refractivity contribution in [1.29, 1.82) is 0 Å². The van der Waals surface area contributed by atoms with Crippen LogP contribution in [0.1, 0.15) is 56.8 Å². The highest BCUT2D eigenvalue weighted by molar-refractivity contribution is 6.30. The predicted molar refractivity (Wildman–Crippen MR) is 86.7 cm³/mol. The fraction of sp³-hybridized carbons (Fsp3) is 0.529. The molecule has 1 amide bonds. The van der Waals surface area contributed by atoms with Gasteiger partial charge < -0.3 is 5.32 Å². The lowest BCUT2D eigenvalue weighted by molar-refractivity contribution is -0.121. The topological polar surface area (TPSA) is 46.2 Å². The molecule has 1 N–H and O–H groups in total. The first-order valence-corrected chi connectivity index (χ1v) is 7.71. The molecule has 0 saturated heterocycles. The second kappa shape index (κ2) is 8.18. The van der Waals surface area contributed by atoms with Gasteiger partial charge in [-0.3, -0.25) is 9.59 Å². The van der Waals surface area contributed by atoms with E-state index in [-0.39, 0.29) is 29.9 Å². The van der Waals surface area contributed by atoms with Crippen LogP contribution in [0, 0.1) is 5.41 Å². The molecule has 1 aromatic rings. The van der Waals surface area contributed by atoms with Crippen LogP contribution in [0.25, 0.3) is 0 Å². The standard InChI is InChI=1S/C17H24ClNO2/c1-17(2,3)11-4-12-19-16(21)10-9-15(20)13-5-7-14(18)8-6-13/h5-8H,4,9-12H2,1-3H3,(H,19,21). The van der Waals surface area contributed by atoms with Gasteiger partial charge in [-0.15, -0.1) is 0 Å². The zero-order valence-corrected chi connectivity index (χ0v) is 13.8. The Hall–Kier alpha value is -1.35. The number of hydrogen-bond donors (Lipinski definition) is 1. The first-order chi connectivity index (χ1) is 9.78. The maximum Gasteiger partial charge on any atom is 0.220 e. The van der Waals surface area contributed by atoms with Crippen molar-refractivity contribution in [3.05, 3.63) is 34.9 Å². The zero-order valence-electron chi connectivity index (χ0n) is 13.0. The maximum absolute atomic E-state index is 11.9. The van der Waals surface area contributed by atoms with Gasteiger partial charge in [0.1, 0.15) is 0 Å². The van der Waals surface area contributed by atoms with Gasteiger partial charge in [0.15, 0.2) is 5.78 Å². The molecule has 0 atom stereocenters. The molecule has 0 aliphatic rings. The number of rotatable bonds is 7. The molecule has 21 heavy (non-hydrogen) atoms. The van der Waals surface area contributed by atoms with Gasteiger partial charge in [-0.05, 0) is 42.5 Å².